The first kappa shape index (κ1) is 20.7. The lowest BCUT2D eigenvalue weighted by molar-refractivity contribution is 1.53. The van der Waals surface area contributed by atoms with Crippen molar-refractivity contribution in [1.82, 2.24) is 0 Å². The molecule has 0 aromatic heterocycles. The van der Waals surface area contributed by atoms with Gasteiger partial charge in [0.25, 0.3) is 0 Å². The van der Waals surface area contributed by atoms with E-state index < -0.39 is 0 Å². The van der Waals surface area contributed by atoms with E-state index in [4.69, 9.17) is 0 Å². The van der Waals surface area contributed by atoms with Crippen molar-refractivity contribution in [2.24, 2.45) is 0 Å². The lowest BCUT2D eigenvalue weighted by Gasteiger charge is -2.10. The van der Waals surface area contributed by atoms with Crippen molar-refractivity contribution in [3.05, 3.63) is 132 Å². The third-order valence-corrected chi connectivity index (χ3v) is 6.84. The minimum absolute atomic E-state index is 1.07. The summed E-state index contributed by atoms with van der Waals surface area (Å²) in [6.07, 6.45) is 0. The van der Waals surface area contributed by atoms with Gasteiger partial charge < -0.3 is 5.32 Å². The highest BCUT2D eigenvalue weighted by Gasteiger charge is 2.05. The molecule has 0 saturated carbocycles. The Hall–Kier alpha value is -3.88. The summed E-state index contributed by atoms with van der Waals surface area (Å²) in [4.78, 5) is 0. The van der Waals surface area contributed by atoms with Crippen LogP contribution in [0.15, 0.2) is 132 Å². The van der Waals surface area contributed by atoms with E-state index in [1.54, 1.807) is 0 Å². The SMILES string of the molecule is Brc1ccc(Nc2ccc(-c3ccc(-c4ccc5c(ccc6ccccc65)c4)cc3)cc2)cc1. The van der Waals surface area contributed by atoms with Crippen LogP contribution in [0.1, 0.15) is 0 Å². The van der Waals surface area contributed by atoms with Gasteiger partial charge in [-0.15, -0.1) is 0 Å². The molecule has 6 aromatic rings. The summed E-state index contributed by atoms with van der Waals surface area (Å²) < 4.78 is 1.08. The summed E-state index contributed by atoms with van der Waals surface area (Å²) in [5, 5.41) is 8.61. The molecule has 6 rings (SSSR count). The molecule has 0 amide bonds. The minimum Gasteiger partial charge on any atom is -0.356 e. The van der Waals surface area contributed by atoms with Crippen molar-refractivity contribution in [1.29, 1.82) is 0 Å². The van der Waals surface area contributed by atoms with Crippen LogP contribution in [0.2, 0.25) is 0 Å². The van der Waals surface area contributed by atoms with Crippen LogP contribution in [0.5, 0.6) is 0 Å². The number of nitrogens with one attached hydrogen (secondary N) is 1. The maximum Gasteiger partial charge on any atom is 0.0384 e. The van der Waals surface area contributed by atoms with Gasteiger partial charge in [-0.25, -0.2) is 0 Å². The van der Waals surface area contributed by atoms with Crippen molar-refractivity contribution in [3.8, 4) is 22.3 Å². The highest BCUT2D eigenvalue weighted by atomic mass is 79.9. The molecule has 0 aliphatic heterocycles. The van der Waals surface area contributed by atoms with Crippen LogP contribution in [0.4, 0.5) is 11.4 Å². The second-order valence-corrected chi connectivity index (χ2v) is 9.42. The van der Waals surface area contributed by atoms with Gasteiger partial charge in [0.05, 0.1) is 0 Å². The second kappa shape index (κ2) is 8.81. The van der Waals surface area contributed by atoms with E-state index in [1.807, 2.05) is 12.1 Å². The Bertz CT molecular complexity index is 1600. The molecule has 0 bridgehead atoms. The number of hydrogen-bond acceptors (Lipinski definition) is 1. The minimum atomic E-state index is 1.07. The highest BCUT2D eigenvalue weighted by Crippen LogP contribution is 2.31. The Morgan fingerprint density at radius 2 is 0.912 bits per heavy atom. The van der Waals surface area contributed by atoms with Gasteiger partial charge in [0.1, 0.15) is 0 Å². The van der Waals surface area contributed by atoms with Gasteiger partial charge in [-0.05, 0) is 86.3 Å². The zero-order chi connectivity index (χ0) is 22.9. The van der Waals surface area contributed by atoms with Gasteiger partial charge in [-0.3, -0.25) is 0 Å². The molecule has 1 nitrogen and oxygen atoms in total. The molecule has 162 valence electrons. The summed E-state index contributed by atoms with van der Waals surface area (Å²) in [5.41, 5.74) is 7.04. The van der Waals surface area contributed by atoms with E-state index in [1.165, 1.54) is 43.8 Å². The second-order valence-electron chi connectivity index (χ2n) is 8.51. The number of hydrogen-bond donors (Lipinski definition) is 1. The van der Waals surface area contributed by atoms with Gasteiger partial charge >= 0.3 is 0 Å². The Labute approximate surface area is 207 Å². The van der Waals surface area contributed by atoms with Gasteiger partial charge in [0.2, 0.25) is 0 Å². The maximum absolute atomic E-state index is 3.48. The number of benzene rings is 6. The molecule has 1 N–H and O–H groups in total. The van der Waals surface area contributed by atoms with E-state index in [2.05, 4.69) is 137 Å². The smallest absolute Gasteiger partial charge is 0.0384 e. The molecule has 0 aliphatic carbocycles. The topological polar surface area (TPSA) is 12.0 Å². The fraction of sp³-hybridized carbons (Fsp3) is 0. The first-order valence-corrected chi connectivity index (χ1v) is 12.2. The molecular formula is C32H22BrN. The number of rotatable bonds is 4. The van der Waals surface area contributed by atoms with Crippen molar-refractivity contribution in [2.75, 3.05) is 5.32 Å². The van der Waals surface area contributed by atoms with Crippen LogP contribution < -0.4 is 5.32 Å². The third-order valence-electron chi connectivity index (χ3n) is 6.31. The van der Waals surface area contributed by atoms with Crippen LogP contribution >= 0.6 is 15.9 Å². The van der Waals surface area contributed by atoms with Crippen molar-refractivity contribution in [3.63, 3.8) is 0 Å². The Kier molecular flexibility index (Phi) is 5.37. The van der Waals surface area contributed by atoms with E-state index >= 15 is 0 Å². The molecule has 0 spiro atoms. The fourth-order valence-corrected chi connectivity index (χ4v) is 4.76. The summed E-state index contributed by atoms with van der Waals surface area (Å²) in [6, 6.07) is 45.4. The Balaban J connectivity index is 1.24. The Morgan fingerprint density at radius 1 is 0.412 bits per heavy atom. The van der Waals surface area contributed by atoms with Crippen molar-refractivity contribution in [2.45, 2.75) is 0 Å². The molecule has 0 saturated heterocycles. The Morgan fingerprint density at radius 3 is 1.62 bits per heavy atom. The van der Waals surface area contributed by atoms with Gasteiger partial charge in [-0.1, -0.05) is 101 Å². The molecule has 0 unspecified atom stereocenters. The summed E-state index contributed by atoms with van der Waals surface area (Å²) in [6.45, 7) is 0. The quantitative estimate of drug-likeness (QED) is 0.238. The number of halogens is 1. The number of fused-ring (bicyclic) bond motifs is 3. The lowest BCUT2D eigenvalue weighted by Crippen LogP contribution is -1.89. The molecule has 2 heteroatoms. The average Bonchev–Trinajstić information content (AvgIpc) is 2.90. The predicted molar refractivity (Wildman–Crippen MR) is 150 cm³/mol. The normalized spacial score (nSPS) is 11.1. The molecular weight excluding hydrogens is 478 g/mol. The molecule has 6 aromatic carbocycles. The van der Waals surface area contributed by atoms with Gasteiger partial charge in [-0.2, -0.15) is 0 Å². The summed E-state index contributed by atoms with van der Waals surface area (Å²) >= 11 is 3.48. The van der Waals surface area contributed by atoms with E-state index in [9.17, 15) is 0 Å². The highest BCUT2D eigenvalue weighted by molar-refractivity contribution is 9.10. The van der Waals surface area contributed by atoms with Crippen LogP contribution in [0.25, 0.3) is 43.8 Å². The number of anilines is 2. The molecule has 0 radical (unpaired) electrons. The van der Waals surface area contributed by atoms with Crippen LogP contribution in [-0.2, 0) is 0 Å². The average molecular weight is 500 g/mol. The van der Waals surface area contributed by atoms with E-state index in [-0.39, 0.29) is 0 Å². The lowest BCUT2D eigenvalue weighted by atomic mass is 9.96. The largest absolute Gasteiger partial charge is 0.356 e. The summed E-state index contributed by atoms with van der Waals surface area (Å²) in [7, 11) is 0. The predicted octanol–water partition coefficient (Wildman–Crippen LogP) is 9.83. The van der Waals surface area contributed by atoms with E-state index in [0.29, 0.717) is 0 Å². The van der Waals surface area contributed by atoms with Gasteiger partial charge in [0.15, 0.2) is 0 Å². The van der Waals surface area contributed by atoms with Gasteiger partial charge in [0, 0.05) is 15.8 Å². The molecule has 0 aliphatic rings. The van der Waals surface area contributed by atoms with Crippen LogP contribution in [-0.4, -0.2) is 0 Å². The molecule has 34 heavy (non-hydrogen) atoms. The first-order chi connectivity index (χ1) is 16.7. The molecule has 0 heterocycles. The molecule has 0 atom stereocenters. The third kappa shape index (κ3) is 4.09. The standard InChI is InChI=1S/C32H22BrN/c33-28-14-18-30(19-15-28)34-29-16-11-23(12-17-29)22-5-7-24(8-6-22)26-13-20-32-27(21-26)10-9-25-3-1-2-4-31(25)32/h1-21,34H. The zero-order valence-corrected chi connectivity index (χ0v) is 20.1. The maximum atomic E-state index is 3.48. The van der Waals surface area contributed by atoms with E-state index in [0.717, 1.165) is 15.8 Å². The van der Waals surface area contributed by atoms with Crippen LogP contribution in [0, 0.1) is 0 Å². The monoisotopic (exact) mass is 499 g/mol. The van der Waals surface area contributed by atoms with Crippen molar-refractivity contribution >= 4 is 48.8 Å². The molecule has 0 fully saturated rings. The summed E-state index contributed by atoms with van der Waals surface area (Å²) in [5.74, 6) is 0. The zero-order valence-electron chi connectivity index (χ0n) is 18.5. The van der Waals surface area contributed by atoms with Crippen molar-refractivity contribution < 1.29 is 0 Å². The fourth-order valence-electron chi connectivity index (χ4n) is 4.49. The van der Waals surface area contributed by atoms with Crippen LogP contribution in [0.3, 0.4) is 0 Å². The first-order valence-electron chi connectivity index (χ1n) is 11.4.